The Kier molecular flexibility index (Phi) is 5.99. The van der Waals surface area contributed by atoms with Crippen LogP contribution in [0, 0.1) is 20.8 Å². The van der Waals surface area contributed by atoms with Crippen LogP contribution in [0.5, 0.6) is 5.75 Å². The number of aryl methyl sites for hydroxylation is 2. The normalized spacial score (nSPS) is 15.2. The molecule has 4 rings (SSSR count). The minimum absolute atomic E-state index is 0.133. The van der Waals surface area contributed by atoms with E-state index in [2.05, 4.69) is 5.16 Å². The number of fused-ring (bicyclic) bond motifs is 1. The second-order valence-electron chi connectivity index (χ2n) is 8.00. The van der Waals surface area contributed by atoms with Crippen molar-refractivity contribution in [1.82, 2.24) is 10.1 Å². The molecule has 0 N–H and O–H groups in total. The number of carbonyl (C=O) groups excluding carboxylic acids is 2. The van der Waals surface area contributed by atoms with Gasteiger partial charge in [0.05, 0.1) is 12.7 Å². The monoisotopic (exact) mass is 434 g/mol. The molecule has 0 bridgehead atoms. The molecule has 0 saturated heterocycles. The topological polar surface area (TPSA) is 81.9 Å². The minimum Gasteiger partial charge on any atom is -0.488 e. The van der Waals surface area contributed by atoms with Crippen LogP contribution in [0.1, 0.15) is 44.1 Å². The van der Waals surface area contributed by atoms with E-state index in [4.69, 9.17) is 14.0 Å². The number of nitrogens with zero attached hydrogens (tertiary/aromatic N) is 2. The van der Waals surface area contributed by atoms with Gasteiger partial charge in [0.15, 0.2) is 5.69 Å². The lowest BCUT2D eigenvalue weighted by Crippen LogP contribution is -2.49. The molecule has 32 heavy (non-hydrogen) atoms. The van der Waals surface area contributed by atoms with Crippen molar-refractivity contribution < 1.29 is 23.6 Å². The molecule has 0 fully saturated rings. The summed E-state index contributed by atoms with van der Waals surface area (Å²) in [4.78, 5) is 27.6. The van der Waals surface area contributed by atoms with Crippen LogP contribution in [-0.2, 0) is 29.1 Å². The van der Waals surface area contributed by atoms with E-state index < -0.39 is 12.0 Å². The number of benzene rings is 2. The molecule has 2 heterocycles. The number of esters is 1. The first kappa shape index (κ1) is 21.6. The lowest BCUT2D eigenvalue weighted by molar-refractivity contribution is -0.146. The summed E-state index contributed by atoms with van der Waals surface area (Å²) < 4.78 is 16.3. The Bertz CT molecular complexity index is 1170. The molecule has 3 aromatic rings. The average molecular weight is 434 g/mol. The first-order chi connectivity index (χ1) is 15.4. The number of rotatable bonds is 5. The van der Waals surface area contributed by atoms with Crippen LogP contribution in [-0.4, -0.2) is 35.1 Å². The van der Waals surface area contributed by atoms with Crippen molar-refractivity contribution in [1.29, 1.82) is 0 Å². The average Bonchev–Trinajstić information content (AvgIpc) is 3.18. The van der Waals surface area contributed by atoms with Gasteiger partial charge in [0.1, 0.15) is 24.2 Å². The number of ether oxygens (including phenoxy) is 2. The number of methoxy groups -OCH3 is 1. The summed E-state index contributed by atoms with van der Waals surface area (Å²) >= 11 is 0. The first-order valence-corrected chi connectivity index (χ1v) is 10.5. The minimum atomic E-state index is -0.729. The maximum Gasteiger partial charge on any atom is 0.328 e. The largest absolute Gasteiger partial charge is 0.488 e. The van der Waals surface area contributed by atoms with Gasteiger partial charge >= 0.3 is 5.97 Å². The highest BCUT2D eigenvalue weighted by Gasteiger charge is 2.38. The van der Waals surface area contributed by atoms with E-state index in [1.807, 2.05) is 56.3 Å². The van der Waals surface area contributed by atoms with Crippen LogP contribution < -0.4 is 4.74 Å². The number of amides is 1. The van der Waals surface area contributed by atoms with E-state index in [-0.39, 0.29) is 24.8 Å². The quantitative estimate of drug-likeness (QED) is 0.566. The smallest absolute Gasteiger partial charge is 0.328 e. The van der Waals surface area contributed by atoms with Crippen molar-refractivity contribution in [2.75, 3.05) is 7.11 Å². The summed E-state index contributed by atoms with van der Waals surface area (Å²) in [6.07, 6.45) is 0.389. The molecule has 166 valence electrons. The van der Waals surface area contributed by atoms with Gasteiger partial charge in [-0.3, -0.25) is 4.79 Å². The van der Waals surface area contributed by atoms with Gasteiger partial charge in [0.2, 0.25) is 0 Å². The second-order valence-corrected chi connectivity index (χ2v) is 8.00. The maximum absolute atomic E-state index is 13.5. The molecule has 1 aliphatic heterocycles. The van der Waals surface area contributed by atoms with E-state index in [1.165, 1.54) is 12.0 Å². The maximum atomic E-state index is 13.5. The van der Waals surface area contributed by atoms with Gasteiger partial charge < -0.3 is 18.9 Å². The molecule has 0 radical (unpaired) electrons. The molecular weight excluding hydrogens is 408 g/mol. The summed E-state index contributed by atoms with van der Waals surface area (Å²) in [7, 11) is 1.33. The van der Waals surface area contributed by atoms with E-state index in [0.29, 0.717) is 17.7 Å². The molecule has 0 spiro atoms. The summed E-state index contributed by atoms with van der Waals surface area (Å²) in [5.74, 6) is 0.404. The Morgan fingerprint density at radius 3 is 2.59 bits per heavy atom. The molecule has 1 unspecified atom stereocenters. The molecular formula is C25H26N2O5. The SMILES string of the molecule is COC(=O)C1Cc2ccccc2CN1C(=O)c1noc(C)c1COc1cccc(C)c1C. The van der Waals surface area contributed by atoms with Gasteiger partial charge in [-0.25, -0.2) is 4.79 Å². The Balaban J connectivity index is 1.63. The van der Waals surface area contributed by atoms with Gasteiger partial charge in [0.25, 0.3) is 5.91 Å². The predicted molar refractivity (Wildman–Crippen MR) is 117 cm³/mol. The Hall–Kier alpha value is -3.61. The molecule has 1 aromatic heterocycles. The summed E-state index contributed by atoms with van der Waals surface area (Å²) in [6, 6.07) is 12.9. The van der Waals surface area contributed by atoms with Gasteiger partial charge in [-0.05, 0) is 49.1 Å². The van der Waals surface area contributed by atoms with E-state index in [0.717, 1.165) is 28.0 Å². The highest BCUT2D eigenvalue weighted by Crippen LogP contribution is 2.28. The molecule has 0 aliphatic carbocycles. The van der Waals surface area contributed by atoms with E-state index in [9.17, 15) is 9.59 Å². The first-order valence-electron chi connectivity index (χ1n) is 10.5. The van der Waals surface area contributed by atoms with Gasteiger partial charge in [0, 0.05) is 13.0 Å². The zero-order valence-electron chi connectivity index (χ0n) is 18.7. The number of carbonyl (C=O) groups is 2. The molecule has 7 heteroatoms. The third-order valence-corrected chi connectivity index (χ3v) is 6.10. The summed E-state index contributed by atoms with van der Waals surface area (Å²) in [5.41, 5.74) is 4.90. The summed E-state index contributed by atoms with van der Waals surface area (Å²) in [5, 5.41) is 4.02. The van der Waals surface area contributed by atoms with Crippen LogP contribution in [0.15, 0.2) is 47.0 Å². The van der Waals surface area contributed by atoms with Gasteiger partial charge in [-0.2, -0.15) is 0 Å². The van der Waals surface area contributed by atoms with Crippen LogP contribution in [0.25, 0.3) is 0 Å². The molecule has 7 nitrogen and oxygen atoms in total. The molecule has 1 aliphatic rings. The zero-order valence-corrected chi connectivity index (χ0v) is 18.7. The third kappa shape index (κ3) is 3.98. The van der Waals surface area contributed by atoms with Crippen LogP contribution >= 0.6 is 0 Å². The van der Waals surface area contributed by atoms with Gasteiger partial charge in [-0.15, -0.1) is 0 Å². The fourth-order valence-corrected chi connectivity index (χ4v) is 3.98. The lowest BCUT2D eigenvalue weighted by Gasteiger charge is -2.34. The fourth-order valence-electron chi connectivity index (χ4n) is 3.98. The van der Waals surface area contributed by atoms with E-state index in [1.54, 1.807) is 6.92 Å². The van der Waals surface area contributed by atoms with Crippen molar-refractivity contribution in [2.24, 2.45) is 0 Å². The fraction of sp³-hybridized carbons (Fsp3) is 0.320. The van der Waals surface area contributed by atoms with Crippen molar-refractivity contribution in [3.05, 3.63) is 81.7 Å². The highest BCUT2D eigenvalue weighted by molar-refractivity contribution is 5.96. The summed E-state index contributed by atoms with van der Waals surface area (Å²) in [6.45, 7) is 6.17. The Morgan fingerprint density at radius 2 is 1.84 bits per heavy atom. The van der Waals surface area contributed by atoms with Crippen molar-refractivity contribution >= 4 is 11.9 Å². The van der Waals surface area contributed by atoms with Crippen molar-refractivity contribution in [2.45, 2.75) is 46.4 Å². The van der Waals surface area contributed by atoms with Crippen molar-refractivity contribution in [3.63, 3.8) is 0 Å². The standard InChI is InChI=1S/C25H26N2O5/c1-15-8-7-11-22(16(15)2)31-14-20-17(3)32-26-23(20)24(28)27-13-19-10-6-5-9-18(19)12-21(27)25(29)30-4/h5-11,21H,12-14H2,1-4H3. The molecule has 1 amide bonds. The van der Waals surface area contributed by atoms with Crippen molar-refractivity contribution in [3.8, 4) is 5.75 Å². The lowest BCUT2D eigenvalue weighted by atomic mass is 9.93. The Morgan fingerprint density at radius 1 is 1.09 bits per heavy atom. The predicted octanol–water partition coefficient (Wildman–Crippen LogP) is 3.92. The number of hydrogen-bond acceptors (Lipinski definition) is 6. The van der Waals surface area contributed by atoms with Crippen LogP contribution in [0.3, 0.4) is 0 Å². The van der Waals surface area contributed by atoms with Crippen LogP contribution in [0.2, 0.25) is 0 Å². The van der Waals surface area contributed by atoms with Crippen LogP contribution in [0.4, 0.5) is 0 Å². The molecule has 1 atom stereocenters. The molecule has 2 aromatic carbocycles. The zero-order chi connectivity index (χ0) is 22.8. The third-order valence-electron chi connectivity index (χ3n) is 6.10. The Labute approximate surface area is 186 Å². The number of hydrogen-bond donors (Lipinski definition) is 0. The second kappa shape index (κ2) is 8.86. The van der Waals surface area contributed by atoms with E-state index >= 15 is 0 Å². The van der Waals surface area contributed by atoms with Gasteiger partial charge in [-0.1, -0.05) is 41.6 Å². The highest BCUT2D eigenvalue weighted by atomic mass is 16.5. The molecule has 0 saturated carbocycles. The number of aromatic nitrogens is 1.